The van der Waals surface area contributed by atoms with Crippen LogP contribution in [0.3, 0.4) is 0 Å². The van der Waals surface area contributed by atoms with E-state index in [1.807, 2.05) is 0 Å². The van der Waals surface area contributed by atoms with Crippen LogP contribution < -0.4 is 5.32 Å². The van der Waals surface area contributed by atoms with E-state index < -0.39 is 0 Å². The molecule has 0 spiro atoms. The van der Waals surface area contributed by atoms with Crippen molar-refractivity contribution < 1.29 is 0 Å². The van der Waals surface area contributed by atoms with Gasteiger partial charge in [-0.2, -0.15) is 0 Å². The van der Waals surface area contributed by atoms with Crippen molar-refractivity contribution in [3.05, 3.63) is 35.4 Å². The molecule has 0 heterocycles. The largest absolute Gasteiger partial charge is 0.316 e. The van der Waals surface area contributed by atoms with Crippen molar-refractivity contribution in [2.45, 2.75) is 64.7 Å². The Labute approximate surface area is 125 Å². The second-order valence-electron chi connectivity index (χ2n) is 6.92. The third kappa shape index (κ3) is 3.25. The van der Waals surface area contributed by atoms with Crippen molar-refractivity contribution in [1.29, 1.82) is 0 Å². The maximum absolute atomic E-state index is 3.66. The first-order chi connectivity index (χ1) is 9.61. The van der Waals surface area contributed by atoms with Gasteiger partial charge in [-0.3, -0.25) is 0 Å². The Hall–Kier alpha value is -0.820. The summed E-state index contributed by atoms with van der Waals surface area (Å²) in [5.74, 6) is 1.56. The molecule has 0 unspecified atom stereocenters. The Bertz CT molecular complexity index is 398. The monoisotopic (exact) mass is 273 g/mol. The van der Waals surface area contributed by atoms with Crippen LogP contribution >= 0.6 is 0 Å². The van der Waals surface area contributed by atoms with Gasteiger partial charge < -0.3 is 5.32 Å². The number of hydrogen-bond donors (Lipinski definition) is 1. The summed E-state index contributed by atoms with van der Waals surface area (Å²) in [4.78, 5) is 0. The fourth-order valence-corrected chi connectivity index (χ4v) is 3.54. The van der Waals surface area contributed by atoms with Gasteiger partial charge in [0.25, 0.3) is 0 Å². The topological polar surface area (TPSA) is 12.0 Å². The van der Waals surface area contributed by atoms with Gasteiger partial charge in [0.05, 0.1) is 0 Å². The van der Waals surface area contributed by atoms with Crippen LogP contribution in [0.25, 0.3) is 0 Å². The van der Waals surface area contributed by atoms with Crippen molar-refractivity contribution in [2.75, 3.05) is 13.1 Å². The van der Waals surface area contributed by atoms with E-state index in [-0.39, 0.29) is 0 Å². The first-order valence-electron chi connectivity index (χ1n) is 8.42. The molecule has 1 nitrogen and oxygen atoms in total. The van der Waals surface area contributed by atoms with Crippen LogP contribution in [0.2, 0.25) is 0 Å². The summed E-state index contributed by atoms with van der Waals surface area (Å²) in [6.07, 6.45) is 5.28. The Morgan fingerprint density at radius 2 is 1.80 bits per heavy atom. The number of benzene rings is 1. The predicted octanol–water partition coefficient (Wildman–Crippen LogP) is 4.87. The second-order valence-corrected chi connectivity index (χ2v) is 6.92. The zero-order chi connectivity index (χ0) is 14.6. The summed E-state index contributed by atoms with van der Waals surface area (Å²) in [5, 5.41) is 3.66. The van der Waals surface area contributed by atoms with Crippen LogP contribution in [-0.2, 0) is 5.41 Å². The first-order valence-corrected chi connectivity index (χ1v) is 8.42. The number of hydrogen-bond acceptors (Lipinski definition) is 1. The molecule has 1 aliphatic carbocycles. The van der Waals surface area contributed by atoms with Gasteiger partial charge in [0.1, 0.15) is 0 Å². The molecule has 0 bridgehead atoms. The van der Waals surface area contributed by atoms with E-state index in [0.717, 1.165) is 19.0 Å². The molecule has 1 N–H and O–H groups in total. The van der Waals surface area contributed by atoms with Crippen LogP contribution in [0.15, 0.2) is 24.3 Å². The van der Waals surface area contributed by atoms with Gasteiger partial charge in [0.2, 0.25) is 0 Å². The normalized spacial score (nSPS) is 25.8. The Morgan fingerprint density at radius 1 is 1.15 bits per heavy atom. The third-order valence-corrected chi connectivity index (χ3v) is 5.02. The fraction of sp³-hybridized carbons (Fsp3) is 0.684. The van der Waals surface area contributed by atoms with E-state index in [4.69, 9.17) is 0 Å². The van der Waals surface area contributed by atoms with Gasteiger partial charge in [-0.25, -0.2) is 0 Å². The van der Waals surface area contributed by atoms with Gasteiger partial charge in [0, 0.05) is 12.0 Å². The number of nitrogens with one attached hydrogen (secondary N) is 1. The summed E-state index contributed by atoms with van der Waals surface area (Å²) in [7, 11) is 0. The molecule has 0 aromatic heterocycles. The average molecular weight is 273 g/mol. The highest BCUT2D eigenvalue weighted by Crippen LogP contribution is 2.48. The fourth-order valence-electron chi connectivity index (χ4n) is 3.54. The van der Waals surface area contributed by atoms with Crippen LogP contribution in [0.4, 0.5) is 0 Å². The molecule has 112 valence electrons. The van der Waals surface area contributed by atoms with Crippen LogP contribution in [0.5, 0.6) is 0 Å². The van der Waals surface area contributed by atoms with Gasteiger partial charge in [0.15, 0.2) is 0 Å². The standard InChI is InChI=1S/C19H31N/c1-5-11-20-14-19(12-16(6-2)13-19)18-9-7-17(8-10-18)15(3)4/h7-10,15-16,20H,5-6,11-14H2,1-4H3. The van der Waals surface area contributed by atoms with Gasteiger partial charge in [-0.15, -0.1) is 0 Å². The summed E-state index contributed by atoms with van der Waals surface area (Å²) in [6.45, 7) is 11.4. The smallest absolute Gasteiger partial charge is 0.00830 e. The lowest BCUT2D eigenvalue weighted by Crippen LogP contribution is -2.48. The lowest BCUT2D eigenvalue weighted by Gasteiger charge is -2.48. The molecule has 0 amide bonds. The SMILES string of the molecule is CCCNCC1(c2ccc(C(C)C)cc2)CC(CC)C1. The molecule has 1 fully saturated rings. The molecule has 2 rings (SSSR count). The van der Waals surface area contributed by atoms with Crippen molar-refractivity contribution in [2.24, 2.45) is 5.92 Å². The lowest BCUT2D eigenvalue weighted by molar-refractivity contribution is 0.134. The molecular weight excluding hydrogens is 242 g/mol. The molecule has 1 aromatic carbocycles. The highest BCUT2D eigenvalue weighted by atomic mass is 14.9. The van der Waals surface area contributed by atoms with Gasteiger partial charge >= 0.3 is 0 Å². The van der Waals surface area contributed by atoms with E-state index in [0.29, 0.717) is 11.3 Å². The highest BCUT2D eigenvalue weighted by molar-refractivity contribution is 5.33. The second kappa shape index (κ2) is 6.76. The van der Waals surface area contributed by atoms with Gasteiger partial charge in [-0.1, -0.05) is 58.4 Å². The van der Waals surface area contributed by atoms with Crippen LogP contribution in [0, 0.1) is 5.92 Å². The third-order valence-electron chi connectivity index (χ3n) is 5.02. The first kappa shape index (κ1) is 15.6. The Kier molecular flexibility index (Phi) is 5.26. The molecule has 1 aliphatic rings. The van der Waals surface area contributed by atoms with Crippen molar-refractivity contribution in [3.8, 4) is 0 Å². The molecule has 0 saturated heterocycles. The summed E-state index contributed by atoms with van der Waals surface area (Å²) < 4.78 is 0. The minimum Gasteiger partial charge on any atom is -0.316 e. The minimum absolute atomic E-state index is 0.408. The number of rotatable bonds is 7. The summed E-state index contributed by atoms with van der Waals surface area (Å²) in [5.41, 5.74) is 3.41. The van der Waals surface area contributed by atoms with Crippen molar-refractivity contribution in [3.63, 3.8) is 0 Å². The van der Waals surface area contributed by atoms with Crippen LogP contribution in [0.1, 0.15) is 70.4 Å². The van der Waals surface area contributed by atoms with Crippen LogP contribution in [-0.4, -0.2) is 13.1 Å². The van der Waals surface area contributed by atoms with E-state index in [1.165, 1.54) is 31.2 Å². The van der Waals surface area contributed by atoms with E-state index in [2.05, 4.69) is 57.3 Å². The average Bonchev–Trinajstić information content (AvgIpc) is 2.42. The van der Waals surface area contributed by atoms with E-state index >= 15 is 0 Å². The van der Waals surface area contributed by atoms with Gasteiger partial charge in [-0.05, 0) is 48.8 Å². The molecule has 1 aromatic rings. The minimum atomic E-state index is 0.408. The zero-order valence-electron chi connectivity index (χ0n) is 13.7. The molecule has 0 atom stereocenters. The molecule has 0 radical (unpaired) electrons. The Balaban J connectivity index is 2.10. The van der Waals surface area contributed by atoms with E-state index in [1.54, 1.807) is 5.56 Å². The highest BCUT2D eigenvalue weighted by Gasteiger charge is 2.43. The molecule has 1 saturated carbocycles. The predicted molar refractivity (Wildman–Crippen MR) is 88.4 cm³/mol. The maximum atomic E-state index is 3.66. The molecule has 1 heteroatoms. The van der Waals surface area contributed by atoms with E-state index in [9.17, 15) is 0 Å². The lowest BCUT2D eigenvalue weighted by atomic mass is 9.57. The summed E-state index contributed by atoms with van der Waals surface area (Å²) >= 11 is 0. The zero-order valence-corrected chi connectivity index (χ0v) is 13.7. The molecule has 20 heavy (non-hydrogen) atoms. The van der Waals surface area contributed by atoms with Crippen molar-refractivity contribution in [1.82, 2.24) is 5.32 Å². The molecular formula is C19H31N. The summed E-state index contributed by atoms with van der Waals surface area (Å²) in [6, 6.07) is 9.44. The maximum Gasteiger partial charge on any atom is 0.00830 e. The van der Waals surface area contributed by atoms with Crippen molar-refractivity contribution >= 4 is 0 Å². The Morgan fingerprint density at radius 3 is 2.30 bits per heavy atom. The quantitative estimate of drug-likeness (QED) is 0.699. The molecule has 0 aliphatic heterocycles.